The first-order valence-corrected chi connectivity index (χ1v) is 13.1. The van der Waals surface area contributed by atoms with E-state index < -0.39 is 0 Å². The highest BCUT2D eigenvalue weighted by Crippen LogP contribution is 2.38. The van der Waals surface area contributed by atoms with E-state index in [0.717, 1.165) is 34.9 Å². The first-order chi connectivity index (χ1) is 18.7. The summed E-state index contributed by atoms with van der Waals surface area (Å²) in [6, 6.07) is 43.0. The molecule has 0 aromatic heterocycles. The van der Waals surface area contributed by atoms with Crippen molar-refractivity contribution in [2.24, 2.45) is 0 Å². The number of benzene rings is 5. The van der Waals surface area contributed by atoms with E-state index in [4.69, 9.17) is 0 Å². The Balaban J connectivity index is 1.56. The molecule has 0 spiro atoms. The van der Waals surface area contributed by atoms with E-state index in [1.54, 1.807) is 6.08 Å². The van der Waals surface area contributed by atoms with Gasteiger partial charge in [0.2, 0.25) is 0 Å². The summed E-state index contributed by atoms with van der Waals surface area (Å²) in [5.41, 5.74) is 7.75. The molecule has 0 unspecified atom stereocenters. The first-order valence-electron chi connectivity index (χ1n) is 13.1. The summed E-state index contributed by atoms with van der Waals surface area (Å²) < 4.78 is 0. The zero-order chi connectivity index (χ0) is 26.2. The minimum Gasteiger partial charge on any atom is -0.356 e. The van der Waals surface area contributed by atoms with Crippen LogP contribution in [0.4, 0.5) is 22.7 Å². The molecule has 0 saturated heterocycles. The van der Waals surface area contributed by atoms with Crippen LogP contribution in [-0.4, -0.2) is 0 Å². The lowest BCUT2D eigenvalue weighted by molar-refractivity contribution is 1.22. The van der Waals surface area contributed by atoms with Gasteiger partial charge in [-0.05, 0) is 89.0 Å². The van der Waals surface area contributed by atoms with E-state index in [1.165, 1.54) is 21.9 Å². The molecule has 0 heterocycles. The van der Waals surface area contributed by atoms with Gasteiger partial charge in [0.05, 0.1) is 0 Å². The Morgan fingerprint density at radius 1 is 0.684 bits per heavy atom. The van der Waals surface area contributed by atoms with Crippen molar-refractivity contribution in [3.63, 3.8) is 0 Å². The second kappa shape index (κ2) is 11.9. The maximum absolute atomic E-state index is 3.85. The van der Waals surface area contributed by atoms with E-state index in [1.807, 2.05) is 6.08 Å². The van der Waals surface area contributed by atoms with Crippen LogP contribution in [0.3, 0.4) is 0 Å². The summed E-state index contributed by atoms with van der Waals surface area (Å²) in [4.78, 5) is 2.32. The zero-order valence-corrected chi connectivity index (χ0v) is 21.7. The van der Waals surface area contributed by atoms with Crippen LogP contribution in [0, 0.1) is 0 Å². The average molecular weight is 493 g/mol. The van der Waals surface area contributed by atoms with Gasteiger partial charge in [-0.2, -0.15) is 0 Å². The Hall–Kier alpha value is -4.82. The van der Waals surface area contributed by atoms with Crippen molar-refractivity contribution < 1.29 is 0 Å². The molecule has 0 aliphatic heterocycles. The van der Waals surface area contributed by atoms with E-state index in [-0.39, 0.29) is 0 Å². The molecule has 0 aliphatic carbocycles. The molecule has 0 amide bonds. The summed E-state index contributed by atoms with van der Waals surface area (Å²) in [5.74, 6) is 0. The van der Waals surface area contributed by atoms with Crippen LogP contribution in [0.15, 0.2) is 158 Å². The molecule has 0 radical (unpaired) electrons. The monoisotopic (exact) mass is 492 g/mol. The van der Waals surface area contributed by atoms with Crippen LogP contribution in [-0.2, 0) is 0 Å². The molecule has 1 N–H and O–H groups in total. The van der Waals surface area contributed by atoms with Crippen molar-refractivity contribution in [3.05, 3.63) is 158 Å². The largest absolute Gasteiger partial charge is 0.356 e. The summed E-state index contributed by atoms with van der Waals surface area (Å²) >= 11 is 0. The van der Waals surface area contributed by atoms with Crippen molar-refractivity contribution in [3.8, 4) is 11.1 Å². The molecule has 5 rings (SSSR count). The first kappa shape index (κ1) is 24.9. The standard InChI is InChI=1S/C36H32N2/c1-3-5-18-32(12-4-2)37-33-21-24-34(25-22-33)38(36-23-20-29-15-9-10-16-30(29)27-36)35-19-11-17-31(26-35)28-13-7-6-8-14-28/h4-27,37H,2-3H2,1H3/b18-5-,32-12+. The SMILES string of the molecule is C=C/C=C(\C=C/CC)Nc1ccc(N(c2cccc(-c3ccccc3)c2)c2ccc3ccccc3c2)cc1. The fraction of sp³-hybridized carbons (Fsp3) is 0.0556. The Kier molecular flexibility index (Phi) is 7.81. The van der Waals surface area contributed by atoms with E-state index in [0.29, 0.717) is 0 Å². The molecule has 5 aromatic rings. The van der Waals surface area contributed by atoms with E-state index in [2.05, 4.69) is 157 Å². The number of hydrogen-bond donors (Lipinski definition) is 1. The van der Waals surface area contributed by atoms with Crippen molar-refractivity contribution >= 4 is 33.5 Å². The number of fused-ring (bicyclic) bond motifs is 1. The lowest BCUT2D eigenvalue weighted by atomic mass is 10.0. The molecule has 2 nitrogen and oxygen atoms in total. The van der Waals surface area contributed by atoms with Crippen LogP contribution in [0.2, 0.25) is 0 Å². The fourth-order valence-electron chi connectivity index (χ4n) is 4.59. The molecule has 38 heavy (non-hydrogen) atoms. The van der Waals surface area contributed by atoms with Gasteiger partial charge in [-0.15, -0.1) is 0 Å². The highest BCUT2D eigenvalue weighted by Gasteiger charge is 2.14. The van der Waals surface area contributed by atoms with Gasteiger partial charge in [0, 0.05) is 28.4 Å². The Labute approximate surface area is 225 Å². The molecule has 0 atom stereocenters. The maximum Gasteiger partial charge on any atom is 0.0468 e. The summed E-state index contributed by atoms with van der Waals surface area (Å²) in [5, 5.41) is 5.95. The number of allylic oxidation sites excluding steroid dienone is 4. The quantitative estimate of drug-likeness (QED) is 0.206. The predicted octanol–water partition coefficient (Wildman–Crippen LogP) is 10.4. The maximum atomic E-state index is 3.85. The number of nitrogens with zero attached hydrogens (tertiary/aromatic N) is 1. The van der Waals surface area contributed by atoms with Crippen LogP contribution >= 0.6 is 0 Å². The fourth-order valence-corrected chi connectivity index (χ4v) is 4.59. The lowest BCUT2D eigenvalue weighted by Gasteiger charge is -2.26. The molecular weight excluding hydrogens is 460 g/mol. The minimum atomic E-state index is 0.984. The third-order valence-corrected chi connectivity index (χ3v) is 6.45. The number of hydrogen-bond acceptors (Lipinski definition) is 2. The van der Waals surface area contributed by atoms with Crippen molar-refractivity contribution in [2.45, 2.75) is 13.3 Å². The second-order valence-corrected chi connectivity index (χ2v) is 9.12. The molecule has 0 bridgehead atoms. The topological polar surface area (TPSA) is 15.3 Å². The van der Waals surface area contributed by atoms with E-state index >= 15 is 0 Å². The van der Waals surface area contributed by atoms with Gasteiger partial charge in [-0.25, -0.2) is 0 Å². The Bertz CT molecular complexity index is 1580. The molecule has 2 heteroatoms. The van der Waals surface area contributed by atoms with Crippen molar-refractivity contribution in [1.82, 2.24) is 0 Å². The van der Waals surface area contributed by atoms with Crippen LogP contribution < -0.4 is 10.2 Å². The van der Waals surface area contributed by atoms with Crippen LogP contribution in [0.1, 0.15) is 13.3 Å². The van der Waals surface area contributed by atoms with Gasteiger partial charge >= 0.3 is 0 Å². The third-order valence-electron chi connectivity index (χ3n) is 6.45. The molecule has 0 fully saturated rings. The van der Waals surface area contributed by atoms with Gasteiger partial charge in [-0.3, -0.25) is 0 Å². The van der Waals surface area contributed by atoms with Crippen LogP contribution in [0.5, 0.6) is 0 Å². The molecule has 0 saturated carbocycles. The van der Waals surface area contributed by atoms with Gasteiger partial charge in [0.15, 0.2) is 0 Å². The molecule has 5 aromatic carbocycles. The Morgan fingerprint density at radius 3 is 2.13 bits per heavy atom. The lowest BCUT2D eigenvalue weighted by Crippen LogP contribution is -2.10. The summed E-state index contributed by atoms with van der Waals surface area (Å²) in [7, 11) is 0. The number of anilines is 4. The highest BCUT2D eigenvalue weighted by atomic mass is 15.1. The highest BCUT2D eigenvalue weighted by molar-refractivity contribution is 5.90. The normalized spacial score (nSPS) is 11.6. The van der Waals surface area contributed by atoms with Crippen molar-refractivity contribution in [1.29, 1.82) is 0 Å². The van der Waals surface area contributed by atoms with Gasteiger partial charge in [-0.1, -0.05) is 98.5 Å². The molecular formula is C36H32N2. The summed E-state index contributed by atoms with van der Waals surface area (Å²) in [6.07, 6.45) is 9.00. The molecule has 186 valence electrons. The smallest absolute Gasteiger partial charge is 0.0468 e. The second-order valence-electron chi connectivity index (χ2n) is 9.12. The minimum absolute atomic E-state index is 0.984. The van der Waals surface area contributed by atoms with E-state index in [9.17, 15) is 0 Å². The Morgan fingerprint density at radius 2 is 1.37 bits per heavy atom. The number of nitrogens with one attached hydrogen (secondary N) is 1. The van der Waals surface area contributed by atoms with Gasteiger partial charge < -0.3 is 10.2 Å². The number of rotatable bonds is 9. The van der Waals surface area contributed by atoms with Gasteiger partial charge in [0.1, 0.15) is 0 Å². The van der Waals surface area contributed by atoms with Gasteiger partial charge in [0.25, 0.3) is 0 Å². The summed E-state index contributed by atoms with van der Waals surface area (Å²) in [6.45, 7) is 5.98. The van der Waals surface area contributed by atoms with Crippen molar-refractivity contribution in [2.75, 3.05) is 10.2 Å². The average Bonchev–Trinajstić information content (AvgIpc) is 2.97. The zero-order valence-electron chi connectivity index (χ0n) is 21.7. The molecule has 0 aliphatic rings. The predicted molar refractivity (Wildman–Crippen MR) is 165 cm³/mol. The third kappa shape index (κ3) is 5.77. The van der Waals surface area contributed by atoms with Crippen LogP contribution in [0.25, 0.3) is 21.9 Å².